The molecule has 1 unspecified atom stereocenters. The molecular formula is C13H18BrClN2O3. The first-order valence-electron chi connectivity index (χ1n) is 5.88. The van der Waals surface area contributed by atoms with Gasteiger partial charge in [-0.3, -0.25) is 9.59 Å². The van der Waals surface area contributed by atoms with Crippen LogP contribution in [0.2, 0.25) is 0 Å². The first-order valence-corrected chi connectivity index (χ1v) is 6.67. The Morgan fingerprint density at radius 2 is 1.95 bits per heavy atom. The smallest absolute Gasteiger partial charge is 0.307 e. The Labute approximate surface area is 132 Å². The SMILES string of the molecule is COC(=O)CC(NC(=O)CCN)c1ccc(Br)cc1.Cl. The summed E-state index contributed by atoms with van der Waals surface area (Å²) in [5.41, 5.74) is 6.18. The Morgan fingerprint density at radius 3 is 2.45 bits per heavy atom. The highest BCUT2D eigenvalue weighted by atomic mass is 79.9. The van der Waals surface area contributed by atoms with Crippen molar-refractivity contribution in [1.29, 1.82) is 0 Å². The lowest BCUT2D eigenvalue weighted by Crippen LogP contribution is -2.31. The topological polar surface area (TPSA) is 81.4 Å². The largest absolute Gasteiger partial charge is 0.469 e. The number of rotatable bonds is 6. The van der Waals surface area contributed by atoms with E-state index in [1.54, 1.807) is 0 Å². The summed E-state index contributed by atoms with van der Waals surface area (Å²) in [6.45, 7) is 0.275. The Hall–Kier alpha value is -1.11. The summed E-state index contributed by atoms with van der Waals surface area (Å²) in [5, 5.41) is 2.78. The van der Waals surface area contributed by atoms with E-state index < -0.39 is 6.04 Å². The average Bonchev–Trinajstić information content (AvgIpc) is 2.39. The summed E-state index contributed by atoms with van der Waals surface area (Å²) in [7, 11) is 1.32. The van der Waals surface area contributed by atoms with E-state index in [2.05, 4.69) is 26.0 Å². The van der Waals surface area contributed by atoms with Crippen molar-refractivity contribution in [3.8, 4) is 0 Å². The predicted molar refractivity (Wildman–Crippen MR) is 82.6 cm³/mol. The van der Waals surface area contributed by atoms with Gasteiger partial charge in [0, 0.05) is 17.4 Å². The summed E-state index contributed by atoms with van der Waals surface area (Å²) >= 11 is 3.34. The molecular weight excluding hydrogens is 348 g/mol. The number of ether oxygens (including phenoxy) is 1. The van der Waals surface area contributed by atoms with Gasteiger partial charge >= 0.3 is 5.97 Å². The molecule has 0 fully saturated rings. The minimum atomic E-state index is -0.403. The zero-order chi connectivity index (χ0) is 14.3. The van der Waals surface area contributed by atoms with E-state index in [9.17, 15) is 9.59 Å². The van der Waals surface area contributed by atoms with Gasteiger partial charge in [0.05, 0.1) is 19.6 Å². The monoisotopic (exact) mass is 364 g/mol. The number of hydrogen-bond acceptors (Lipinski definition) is 4. The molecule has 0 aliphatic carbocycles. The molecule has 3 N–H and O–H groups in total. The quantitative estimate of drug-likeness (QED) is 0.755. The third-order valence-electron chi connectivity index (χ3n) is 2.58. The van der Waals surface area contributed by atoms with Crippen molar-refractivity contribution in [1.82, 2.24) is 5.32 Å². The lowest BCUT2D eigenvalue weighted by molar-refractivity contribution is -0.141. The van der Waals surface area contributed by atoms with Gasteiger partial charge in [-0.2, -0.15) is 0 Å². The molecule has 0 radical (unpaired) electrons. The molecule has 7 heteroatoms. The summed E-state index contributed by atoms with van der Waals surface area (Å²) < 4.78 is 5.58. The van der Waals surface area contributed by atoms with Gasteiger partial charge in [0.25, 0.3) is 0 Å². The van der Waals surface area contributed by atoms with Crippen LogP contribution >= 0.6 is 28.3 Å². The van der Waals surface area contributed by atoms with Gasteiger partial charge in [-0.15, -0.1) is 12.4 Å². The van der Waals surface area contributed by atoms with Crippen LogP contribution in [0.15, 0.2) is 28.7 Å². The zero-order valence-corrected chi connectivity index (χ0v) is 13.5. The van der Waals surface area contributed by atoms with Crippen LogP contribution in [0.4, 0.5) is 0 Å². The molecule has 0 bridgehead atoms. The van der Waals surface area contributed by atoms with Gasteiger partial charge < -0.3 is 15.8 Å². The minimum Gasteiger partial charge on any atom is -0.469 e. The van der Waals surface area contributed by atoms with Gasteiger partial charge in [0.15, 0.2) is 0 Å². The van der Waals surface area contributed by atoms with Crippen molar-refractivity contribution >= 4 is 40.2 Å². The molecule has 0 aliphatic rings. The Morgan fingerprint density at radius 1 is 1.35 bits per heavy atom. The number of carbonyl (C=O) groups excluding carboxylic acids is 2. The Balaban J connectivity index is 0.00000361. The van der Waals surface area contributed by atoms with Crippen LogP contribution in [0.5, 0.6) is 0 Å². The summed E-state index contributed by atoms with van der Waals surface area (Å²) in [6.07, 6.45) is 0.322. The molecule has 0 aromatic heterocycles. The molecule has 112 valence electrons. The molecule has 0 aliphatic heterocycles. The molecule has 1 atom stereocenters. The van der Waals surface area contributed by atoms with E-state index in [-0.39, 0.29) is 43.7 Å². The summed E-state index contributed by atoms with van der Waals surface area (Å²) in [4.78, 5) is 23.0. The van der Waals surface area contributed by atoms with Gasteiger partial charge in [0.1, 0.15) is 0 Å². The van der Waals surface area contributed by atoms with Crippen molar-refractivity contribution in [2.75, 3.05) is 13.7 Å². The van der Waals surface area contributed by atoms with Crippen LogP contribution in [-0.2, 0) is 14.3 Å². The molecule has 1 aromatic carbocycles. The van der Waals surface area contributed by atoms with Crippen LogP contribution in [0, 0.1) is 0 Å². The zero-order valence-electron chi connectivity index (χ0n) is 11.1. The van der Waals surface area contributed by atoms with E-state index in [0.29, 0.717) is 0 Å². The first kappa shape index (κ1) is 18.9. The standard InChI is InChI=1S/C13H17BrN2O3.ClH/c1-19-13(18)8-11(16-12(17)6-7-15)9-2-4-10(14)5-3-9;/h2-5,11H,6-8,15H2,1H3,(H,16,17);1H. The second-order valence-electron chi connectivity index (χ2n) is 3.99. The van der Waals surface area contributed by atoms with E-state index in [1.807, 2.05) is 24.3 Å². The van der Waals surface area contributed by atoms with Crippen molar-refractivity contribution < 1.29 is 14.3 Å². The summed E-state index contributed by atoms with van der Waals surface area (Å²) in [6, 6.07) is 7.00. The number of carbonyl (C=O) groups is 2. The highest BCUT2D eigenvalue weighted by Gasteiger charge is 2.18. The first-order chi connectivity index (χ1) is 9.06. The summed E-state index contributed by atoms with van der Waals surface area (Å²) in [5.74, 6) is -0.555. The third-order valence-corrected chi connectivity index (χ3v) is 3.11. The van der Waals surface area contributed by atoms with E-state index in [0.717, 1.165) is 10.0 Å². The van der Waals surface area contributed by atoms with Crippen LogP contribution in [0.1, 0.15) is 24.4 Å². The second-order valence-corrected chi connectivity index (χ2v) is 4.91. The van der Waals surface area contributed by atoms with Crippen LogP contribution in [-0.4, -0.2) is 25.5 Å². The van der Waals surface area contributed by atoms with E-state index in [4.69, 9.17) is 5.73 Å². The van der Waals surface area contributed by atoms with Gasteiger partial charge in [0.2, 0.25) is 5.91 Å². The van der Waals surface area contributed by atoms with E-state index in [1.165, 1.54) is 7.11 Å². The fourth-order valence-corrected chi connectivity index (χ4v) is 1.86. The number of methoxy groups -OCH3 is 1. The normalized spacial score (nSPS) is 11.2. The van der Waals surface area contributed by atoms with Crippen molar-refractivity contribution in [2.45, 2.75) is 18.9 Å². The number of nitrogens with one attached hydrogen (secondary N) is 1. The maximum absolute atomic E-state index is 11.6. The van der Waals surface area contributed by atoms with E-state index >= 15 is 0 Å². The fourth-order valence-electron chi connectivity index (χ4n) is 1.59. The maximum Gasteiger partial charge on any atom is 0.307 e. The number of benzene rings is 1. The molecule has 0 saturated heterocycles. The van der Waals surface area contributed by atoms with Gasteiger partial charge in [-0.25, -0.2) is 0 Å². The fraction of sp³-hybridized carbons (Fsp3) is 0.385. The Bertz CT molecular complexity index is 440. The van der Waals surface area contributed by atoms with Gasteiger partial charge in [-0.1, -0.05) is 28.1 Å². The Kier molecular flexibility index (Phi) is 9.20. The highest BCUT2D eigenvalue weighted by Crippen LogP contribution is 2.20. The van der Waals surface area contributed by atoms with Crippen molar-refractivity contribution in [3.05, 3.63) is 34.3 Å². The van der Waals surface area contributed by atoms with Crippen LogP contribution in [0.25, 0.3) is 0 Å². The third kappa shape index (κ3) is 6.36. The number of hydrogen-bond donors (Lipinski definition) is 2. The molecule has 0 saturated carbocycles. The lowest BCUT2D eigenvalue weighted by Gasteiger charge is -2.18. The molecule has 5 nitrogen and oxygen atoms in total. The second kappa shape index (κ2) is 9.74. The minimum absolute atomic E-state index is 0. The molecule has 1 aromatic rings. The number of esters is 1. The molecule has 0 heterocycles. The highest BCUT2D eigenvalue weighted by molar-refractivity contribution is 9.10. The maximum atomic E-state index is 11.6. The number of nitrogens with two attached hydrogens (primary N) is 1. The molecule has 0 spiro atoms. The number of amides is 1. The molecule has 1 amide bonds. The predicted octanol–water partition coefficient (Wildman–Crippen LogP) is 1.94. The van der Waals surface area contributed by atoms with Crippen molar-refractivity contribution in [2.24, 2.45) is 5.73 Å². The molecule has 20 heavy (non-hydrogen) atoms. The van der Waals surface area contributed by atoms with Crippen molar-refractivity contribution in [3.63, 3.8) is 0 Å². The average molecular weight is 366 g/mol. The lowest BCUT2D eigenvalue weighted by atomic mass is 10.0. The molecule has 1 rings (SSSR count). The van der Waals surface area contributed by atoms with Gasteiger partial charge in [-0.05, 0) is 17.7 Å². The van der Waals surface area contributed by atoms with Crippen LogP contribution in [0.3, 0.4) is 0 Å². The number of halogens is 2. The van der Waals surface area contributed by atoms with Crippen LogP contribution < -0.4 is 11.1 Å².